The number of aromatic nitrogens is 1. The molecule has 2 aromatic rings. The third-order valence-electron chi connectivity index (χ3n) is 6.45. The number of aryl methyl sites for hydroxylation is 2. The number of benzene rings is 1. The van der Waals surface area contributed by atoms with E-state index >= 15 is 0 Å². The second-order valence-electron chi connectivity index (χ2n) is 8.61. The van der Waals surface area contributed by atoms with Crippen LogP contribution in [0.4, 0.5) is 0 Å². The fourth-order valence-corrected chi connectivity index (χ4v) is 6.28. The monoisotopic (exact) mass is 431 g/mol. The van der Waals surface area contributed by atoms with Gasteiger partial charge in [0.2, 0.25) is 15.9 Å². The molecule has 1 aliphatic heterocycles. The second-order valence-corrected chi connectivity index (χ2v) is 10.5. The van der Waals surface area contributed by atoms with Crippen LogP contribution in [0, 0.1) is 31.6 Å². The summed E-state index contributed by atoms with van der Waals surface area (Å²) in [7, 11) is -3.66. The van der Waals surface area contributed by atoms with Crippen molar-refractivity contribution in [3.8, 4) is 0 Å². The van der Waals surface area contributed by atoms with Crippen LogP contribution >= 0.6 is 0 Å². The predicted molar refractivity (Wildman–Crippen MR) is 112 cm³/mol. The van der Waals surface area contributed by atoms with Crippen LogP contribution in [0.2, 0.25) is 0 Å². The van der Waals surface area contributed by atoms with Crippen molar-refractivity contribution in [3.05, 3.63) is 47.3 Å². The first-order valence-corrected chi connectivity index (χ1v) is 12.0. The van der Waals surface area contributed by atoms with Crippen LogP contribution in [0.3, 0.4) is 0 Å². The lowest BCUT2D eigenvalue weighted by atomic mass is 9.95. The van der Waals surface area contributed by atoms with E-state index in [1.54, 1.807) is 13.8 Å². The fourth-order valence-electron chi connectivity index (χ4n) is 4.51. The zero-order chi connectivity index (χ0) is 21.5. The van der Waals surface area contributed by atoms with E-state index in [-0.39, 0.29) is 22.8 Å². The molecule has 1 saturated heterocycles. The summed E-state index contributed by atoms with van der Waals surface area (Å²) < 4.78 is 32.5. The van der Waals surface area contributed by atoms with Gasteiger partial charge in [0.15, 0.2) is 5.76 Å². The molecule has 1 amide bonds. The molecule has 0 radical (unpaired) electrons. The van der Waals surface area contributed by atoms with Gasteiger partial charge in [0.1, 0.15) is 10.6 Å². The van der Waals surface area contributed by atoms with Crippen LogP contribution in [-0.2, 0) is 14.8 Å². The highest BCUT2D eigenvalue weighted by molar-refractivity contribution is 7.89. The number of carbonyl (C=O) groups is 1. The van der Waals surface area contributed by atoms with E-state index < -0.39 is 10.0 Å². The molecular weight excluding hydrogens is 402 g/mol. The van der Waals surface area contributed by atoms with Crippen LogP contribution in [0.25, 0.3) is 0 Å². The maximum Gasteiger partial charge on any atom is 0.248 e. The predicted octanol–water partition coefficient (Wildman–Crippen LogP) is 3.21. The summed E-state index contributed by atoms with van der Waals surface area (Å²) in [5, 5.41) is 7.03. The Morgan fingerprint density at radius 2 is 1.83 bits per heavy atom. The summed E-state index contributed by atoms with van der Waals surface area (Å²) in [6, 6.07) is 10.1. The molecule has 7 nitrogen and oxygen atoms in total. The Labute approximate surface area is 177 Å². The first-order valence-electron chi connectivity index (χ1n) is 10.6. The van der Waals surface area contributed by atoms with E-state index in [4.69, 9.17) is 4.52 Å². The highest BCUT2D eigenvalue weighted by Gasteiger charge is 2.42. The third kappa shape index (κ3) is 4.03. The van der Waals surface area contributed by atoms with Gasteiger partial charge in [0, 0.05) is 19.0 Å². The molecule has 8 heteroatoms. The summed E-state index contributed by atoms with van der Waals surface area (Å²) in [6.07, 6.45) is 2.14. The molecule has 0 spiro atoms. The Kier molecular flexibility index (Phi) is 5.72. The quantitative estimate of drug-likeness (QED) is 0.758. The number of sulfonamides is 1. The van der Waals surface area contributed by atoms with Crippen LogP contribution in [0.1, 0.15) is 49.2 Å². The first kappa shape index (κ1) is 21.1. The van der Waals surface area contributed by atoms with Gasteiger partial charge in [-0.15, -0.1) is 0 Å². The van der Waals surface area contributed by atoms with Gasteiger partial charge in [0.25, 0.3) is 0 Å². The smallest absolute Gasteiger partial charge is 0.248 e. The van der Waals surface area contributed by atoms with Gasteiger partial charge in [-0.1, -0.05) is 42.4 Å². The minimum atomic E-state index is -3.66. The molecule has 3 unspecified atom stereocenters. The highest BCUT2D eigenvalue weighted by atomic mass is 32.2. The lowest BCUT2D eigenvalue weighted by Crippen LogP contribution is -2.44. The third-order valence-corrected chi connectivity index (χ3v) is 8.59. The number of carbonyl (C=O) groups excluding carboxylic acids is 1. The van der Waals surface area contributed by atoms with Crippen LogP contribution in [0.15, 0.2) is 39.8 Å². The Bertz CT molecular complexity index is 991. The van der Waals surface area contributed by atoms with Crippen LogP contribution < -0.4 is 5.32 Å². The Morgan fingerprint density at radius 3 is 2.37 bits per heavy atom. The largest absolute Gasteiger partial charge is 0.360 e. The van der Waals surface area contributed by atoms with E-state index in [2.05, 4.69) is 29.5 Å². The molecule has 1 saturated carbocycles. The van der Waals surface area contributed by atoms with E-state index in [9.17, 15) is 13.2 Å². The summed E-state index contributed by atoms with van der Waals surface area (Å²) in [5.74, 6) is 1.23. The van der Waals surface area contributed by atoms with Crippen molar-refractivity contribution < 1.29 is 17.7 Å². The number of amides is 1. The fraction of sp³-hybridized carbons (Fsp3) is 0.545. The number of hydrogen-bond acceptors (Lipinski definition) is 5. The second kappa shape index (κ2) is 8.15. The van der Waals surface area contributed by atoms with Crippen LogP contribution in [0.5, 0.6) is 0 Å². The summed E-state index contributed by atoms with van der Waals surface area (Å²) in [6.45, 7) is 6.09. The molecule has 2 aliphatic rings. The van der Waals surface area contributed by atoms with Crippen molar-refractivity contribution in [2.45, 2.75) is 51.0 Å². The molecular formula is C22H29N3O4S. The van der Waals surface area contributed by atoms with Gasteiger partial charge in [-0.25, -0.2) is 8.42 Å². The average Bonchev–Trinajstić information content (AvgIpc) is 3.36. The van der Waals surface area contributed by atoms with Crippen molar-refractivity contribution in [2.24, 2.45) is 17.8 Å². The zero-order valence-electron chi connectivity index (χ0n) is 17.7. The molecule has 2 heterocycles. The number of hydrogen-bond donors (Lipinski definition) is 1. The van der Waals surface area contributed by atoms with Gasteiger partial charge in [-0.05, 0) is 50.5 Å². The Morgan fingerprint density at radius 1 is 1.20 bits per heavy atom. The van der Waals surface area contributed by atoms with Crippen molar-refractivity contribution in [2.75, 3.05) is 13.1 Å². The minimum absolute atomic E-state index is 0.0253. The van der Waals surface area contributed by atoms with Crippen molar-refractivity contribution >= 4 is 15.9 Å². The molecule has 1 aromatic heterocycles. The summed E-state index contributed by atoms with van der Waals surface area (Å²) >= 11 is 0. The van der Waals surface area contributed by atoms with Gasteiger partial charge in [0.05, 0.1) is 6.04 Å². The van der Waals surface area contributed by atoms with Gasteiger partial charge in [-0.2, -0.15) is 4.31 Å². The van der Waals surface area contributed by atoms with Crippen molar-refractivity contribution in [3.63, 3.8) is 0 Å². The summed E-state index contributed by atoms with van der Waals surface area (Å²) in [5.41, 5.74) is 1.51. The molecule has 4 rings (SSSR count). The molecule has 3 atom stereocenters. The average molecular weight is 432 g/mol. The first-order chi connectivity index (χ1) is 14.3. The molecule has 1 aromatic carbocycles. The number of rotatable bonds is 6. The lowest BCUT2D eigenvalue weighted by molar-refractivity contribution is -0.127. The SMILES string of the molecule is Cc1noc(C)c1S(=O)(=O)N1CCC(C(=O)NC(c2ccccc2)C2CC2C)CC1. The molecule has 1 N–H and O–H groups in total. The standard InChI is InChI=1S/C22H29N3O4S/c1-14-13-19(14)20(17-7-5-4-6-8-17)23-22(26)18-9-11-25(12-10-18)30(27,28)21-15(2)24-29-16(21)3/h4-8,14,18-20H,9-13H2,1-3H3,(H,23,26). The van der Waals surface area contributed by atoms with Crippen LogP contribution in [-0.4, -0.2) is 36.9 Å². The normalized spacial score (nSPS) is 23.8. The topological polar surface area (TPSA) is 92.5 Å². The Balaban J connectivity index is 1.41. The highest BCUT2D eigenvalue weighted by Crippen LogP contribution is 2.47. The zero-order valence-corrected chi connectivity index (χ0v) is 18.5. The van der Waals surface area contributed by atoms with Gasteiger partial charge >= 0.3 is 0 Å². The molecule has 162 valence electrons. The van der Waals surface area contributed by atoms with E-state index in [0.717, 1.165) is 12.0 Å². The molecule has 0 bridgehead atoms. The van der Waals surface area contributed by atoms with E-state index in [0.29, 0.717) is 49.2 Å². The van der Waals surface area contributed by atoms with E-state index in [1.165, 1.54) is 4.31 Å². The maximum absolute atomic E-state index is 13.0. The molecule has 2 fully saturated rings. The lowest BCUT2D eigenvalue weighted by Gasteiger charge is -2.31. The minimum Gasteiger partial charge on any atom is -0.360 e. The van der Waals surface area contributed by atoms with Crippen molar-refractivity contribution in [1.29, 1.82) is 0 Å². The number of nitrogens with one attached hydrogen (secondary N) is 1. The number of nitrogens with zero attached hydrogens (tertiary/aromatic N) is 2. The Hall–Kier alpha value is -2.19. The number of piperidine rings is 1. The van der Waals surface area contributed by atoms with Gasteiger partial charge < -0.3 is 9.84 Å². The van der Waals surface area contributed by atoms with E-state index in [1.807, 2.05) is 18.2 Å². The van der Waals surface area contributed by atoms with Gasteiger partial charge in [-0.3, -0.25) is 4.79 Å². The molecule has 30 heavy (non-hydrogen) atoms. The van der Waals surface area contributed by atoms with Crippen molar-refractivity contribution in [1.82, 2.24) is 14.8 Å². The maximum atomic E-state index is 13.0. The molecule has 1 aliphatic carbocycles. The summed E-state index contributed by atoms with van der Waals surface area (Å²) in [4.78, 5) is 13.2.